The summed E-state index contributed by atoms with van der Waals surface area (Å²) in [5.74, 6) is 5.39. The van der Waals surface area contributed by atoms with Gasteiger partial charge in [-0.05, 0) is 145 Å². The fourth-order valence-electron chi connectivity index (χ4n) is 12.5. The fourth-order valence-corrected chi connectivity index (χ4v) is 15.7. The second kappa shape index (κ2) is 31.4. The van der Waals surface area contributed by atoms with Crippen molar-refractivity contribution in [3.8, 4) is 91.0 Å². The monoisotopic (exact) mass is 1440 g/mol. The molecule has 2 atom stereocenters. The fraction of sp³-hybridized carbons (Fsp3) is 0.205. The maximum Gasteiger partial charge on any atom is 0.244 e. The molecule has 0 radical (unpaired) electrons. The largest absolute Gasteiger partial charge is 0.497 e. The number of benzene rings is 10. The van der Waals surface area contributed by atoms with E-state index in [0.717, 1.165) is 39.1 Å². The van der Waals surface area contributed by atoms with Crippen molar-refractivity contribution in [3.05, 3.63) is 263 Å². The number of aliphatic hydroxyl groups is 2. The van der Waals surface area contributed by atoms with Crippen LogP contribution in [0.3, 0.4) is 0 Å². The number of fused-ring (bicyclic) bond motifs is 2. The SMILES string of the molecule is COc1ccc(CN(Cc2ccc(OC)cc2)S(=O)(=O)c2cccc(-c3cccc4c3OCC4O)c2-c2nnn(Cc3ccc(OC)cc3)n2)cc1.COc1ccc(CN(Cc2ccc(OC)cc2)S(=O)(=O)c2cccc(-c3cccc4c3OCC4O)c2-c2nnnn2Cc2ccc(OC)cc2)cc1. The van der Waals surface area contributed by atoms with Crippen molar-refractivity contribution < 1.29 is 64.9 Å². The third-order valence-electron chi connectivity index (χ3n) is 17.9. The number of tetrazole rings is 2. The predicted octanol–water partition coefficient (Wildman–Crippen LogP) is 11.8. The minimum Gasteiger partial charge on any atom is -0.497 e. The lowest BCUT2D eigenvalue weighted by atomic mass is 9.95. The van der Waals surface area contributed by atoms with Crippen molar-refractivity contribution in [3.63, 3.8) is 0 Å². The highest BCUT2D eigenvalue weighted by molar-refractivity contribution is 7.89. The van der Waals surface area contributed by atoms with Crippen molar-refractivity contribution >= 4 is 20.0 Å². The molecule has 10 aromatic carbocycles. The molecular formula is C78H74N10O14S2. The van der Waals surface area contributed by atoms with E-state index >= 15 is 16.8 Å². The summed E-state index contributed by atoms with van der Waals surface area (Å²) >= 11 is 0. The number of aliphatic hydroxyl groups excluding tert-OH is 2. The maximum atomic E-state index is 15.2. The van der Waals surface area contributed by atoms with Crippen LogP contribution in [0.5, 0.6) is 46.0 Å². The first-order valence-electron chi connectivity index (χ1n) is 33.0. The Morgan fingerprint density at radius 2 is 0.740 bits per heavy atom. The Morgan fingerprint density at radius 3 is 1.12 bits per heavy atom. The smallest absolute Gasteiger partial charge is 0.244 e. The van der Waals surface area contributed by atoms with E-state index in [2.05, 4.69) is 25.8 Å². The summed E-state index contributed by atoms with van der Waals surface area (Å²) in [6.45, 7) is 0.983. The zero-order valence-electron chi connectivity index (χ0n) is 57.7. The molecule has 2 aliphatic rings. The highest BCUT2D eigenvalue weighted by Crippen LogP contribution is 2.48. The average molecular weight is 1440 g/mol. The van der Waals surface area contributed by atoms with Crippen LogP contribution in [0, 0.1) is 0 Å². The van der Waals surface area contributed by atoms with Crippen LogP contribution in [-0.4, -0.2) is 132 Å². The average Bonchev–Trinajstić information content (AvgIpc) is 1.32. The molecule has 14 rings (SSSR count). The lowest BCUT2D eigenvalue weighted by Crippen LogP contribution is -2.31. The number of aromatic nitrogens is 8. The number of methoxy groups -OCH3 is 6. The van der Waals surface area contributed by atoms with E-state index in [4.69, 9.17) is 43.0 Å². The van der Waals surface area contributed by atoms with Gasteiger partial charge in [-0.2, -0.15) is 13.4 Å². The van der Waals surface area contributed by atoms with Gasteiger partial charge in [0.05, 0.1) is 71.1 Å². The summed E-state index contributed by atoms with van der Waals surface area (Å²) in [4.78, 5) is 1.42. The van der Waals surface area contributed by atoms with Gasteiger partial charge in [0.1, 0.15) is 71.4 Å². The number of nitrogens with zero attached hydrogens (tertiary/aromatic N) is 10. The molecule has 0 amide bonds. The van der Waals surface area contributed by atoms with E-state index in [1.165, 1.54) is 13.4 Å². The summed E-state index contributed by atoms with van der Waals surface area (Å²) < 4.78 is 109. The molecule has 0 saturated heterocycles. The predicted molar refractivity (Wildman–Crippen MR) is 387 cm³/mol. The molecule has 104 heavy (non-hydrogen) atoms. The van der Waals surface area contributed by atoms with E-state index in [9.17, 15) is 10.2 Å². The van der Waals surface area contributed by atoms with E-state index < -0.39 is 32.3 Å². The first-order valence-corrected chi connectivity index (χ1v) is 35.9. The number of hydrogen-bond acceptors (Lipinski definition) is 20. The molecule has 532 valence electrons. The van der Waals surface area contributed by atoms with Crippen LogP contribution in [0.4, 0.5) is 0 Å². The summed E-state index contributed by atoms with van der Waals surface area (Å²) in [5, 5.41) is 47.5. The van der Waals surface area contributed by atoms with Crippen molar-refractivity contribution in [1.82, 2.24) is 49.0 Å². The molecule has 2 N–H and O–H groups in total. The lowest BCUT2D eigenvalue weighted by molar-refractivity contribution is 0.140. The van der Waals surface area contributed by atoms with Crippen LogP contribution in [-0.2, 0) is 59.3 Å². The van der Waals surface area contributed by atoms with Gasteiger partial charge in [0.2, 0.25) is 25.9 Å². The Kier molecular flexibility index (Phi) is 21.4. The van der Waals surface area contributed by atoms with Crippen LogP contribution in [0.15, 0.2) is 228 Å². The minimum absolute atomic E-state index is 0.00725. The molecule has 24 nitrogen and oxygen atoms in total. The highest BCUT2D eigenvalue weighted by Gasteiger charge is 2.36. The van der Waals surface area contributed by atoms with Crippen LogP contribution in [0.1, 0.15) is 56.7 Å². The van der Waals surface area contributed by atoms with Gasteiger partial charge in [-0.25, -0.2) is 21.5 Å². The van der Waals surface area contributed by atoms with Crippen LogP contribution < -0.4 is 37.9 Å². The van der Waals surface area contributed by atoms with Crippen molar-refractivity contribution in [2.45, 2.75) is 61.3 Å². The Labute approximate surface area is 601 Å². The first kappa shape index (κ1) is 70.9. The third-order valence-corrected chi connectivity index (χ3v) is 21.6. The molecule has 4 heterocycles. The molecule has 12 aromatic rings. The van der Waals surface area contributed by atoms with Gasteiger partial charge in [-0.3, -0.25) is 0 Å². The van der Waals surface area contributed by atoms with Crippen molar-refractivity contribution in [1.29, 1.82) is 0 Å². The van der Waals surface area contributed by atoms with Crippen LogP contribution in [0.2, 0.25) is 0 Å². The second-order valence-electron chi connectivity index (χ2n) is 24.4. The molecule has 26 heteroatoms. The Hall–Kier alpha value is -11.5. The highest BCUT2D eigenvalue weighted by atomic mass is 32.2. The summed E-state index contributed by atoms with van der Waals surface area (Å²) in [6, 6.07) is 65.2. The second-order valence-corrected chi connectivity index (χ2v) is 28.2. The number of ether oxygens (including phenoxy) is 8. The molecule has 0 spiro atoms. The normalized spacial score (nSPS) is 13.8. The van der Waals surface area contributed by atoms with Gasteiger partial charge in [0.25, 0.3) is 0 Å². The van der Waals surface area contributed by atoms with Crippen molar-refractivity contribution in [2.75, 3.05) is 55.9 Å². The summed E-state index contributed by atoms with van der Waals surface area (Å²) in [7, 11) is 0.980. The zero-order chi connectivity index (χ0) is 72.5. The molecule has 2 unspecified atom stereocenters. The Morgan fingerprint density at radius 1 is 0.404 bits per heavy atom. The van der Waals surface area contributed by atoms with Gasteiger partial charge >= 0.3 is 0 Å². The zero-order valence-corrected chi connectivity index (χ0v) is 59.3. The van der Waals surface area contributed by atoms with Crippen molar-refractivity contribution in [2.24, 2.45) is 0 Å². The Balaban J connectivity index is 0.000000185. The van der Waals surface area contributed by atoms with Gasteiger partial charge in [0.15, 0.2) is 5.82 Å². The first-order chi connectivity index (χ1) is 50.5. The van der Waals surface area contributed by atoms with Gasteiger partial charge in [-0.15, -0.1) is 15.3 Å². The molecule has 2 aliphatic heterocycles. The molecule has 0 bridgehead atoms. The lowest BCUT2D eigenvalue weighted by Gasteiger charge is -2.25. The molecule has 2 aromatic heterocycles. The van der Waals surface area contributed by atoms with Crippen LogP contribution in [0.25, 0.3) is 45.0 Å². The standard InChI is InChI=1S/2C39H37N5O7S/c1-48-29-16-10-26(11-17-29)22-43(23-27-12-18-30(49-2)19-13-27)52(46,47)36-9-5-6-32(33-7-4-8-34-35(45)25-51-38(33)34)37(36)39-40-41-42-44(39)24-28-14-20-31(50-3)21-15-28;1-48-29-16-10-26(11-17-29)22-43(23-27-12-18-30(49-2)19-13-27)52(46,47)36-9-5-6-32(33-7-4-8-34-35(45)25-51-38(33)34)37(36)39-40-42-44(41-39)24-28-14-20-31(50-3)21-15-28/h2*4-21,35,45H,22-25H2,1-3H3. The van der Waals surface area contributed by atoms with E-state index in [1.54, 1.807) is 138 Å². The van der Waals surface area contributed by atoms with Gasteiger partial charge in [0, 0.05) is 54.0 Å². The quantitative estimate of drug-likeness (QED) is 0.0509. The number of rotatable bonds is 26. The third kappa shape index (κ3) is 15.3. The van der Waals surface area contributed by atoms with Gasteiger partial charge < -0.3 is 48.1 Å². The van der Waals surface area contributed by atoms with E-state index in [0.29, 0.717) is 85.7 Å². The van der Waals surface area contributed by atoms with E-state index in [1.807, 2.05) is 127 Å². The van der Waals surface area contributed by atoms with Gasteiger partial charge in [-0.1, -0.05) is 133 Å². The number of para-hydroxylation sites is 2. The van der Waals surface area contributed by atoms with Crippen LogP contribution >= 0.6 is 0 Å². The minimum atomic E-state index is -4.28. The van der Waals surface area contributed by atoms with E-state index in [-0.39, 0.29) is 72.9 Å². The summed E-state index contributed by atoms with van der Waals surface area (Å²) in [6.07, 6.45) is -1.62. The molecule has 0 aliphatic carbocycles. The maximum absolute atomic E-state index is 15.2. The molecule has 0 fully saturated rings. The number of sulfonamides is 2. The molecule has 0 saturated carbocycles. The molecular weight excluding hydrogens is 1370 g/mol. The Bertz CT molecular complexity index is 5110. The topological polar surface area (TPSA) is 276 Å². The number of hydrogen-bond donors (Lipinski definition) is 2. The summed E-state index contributed by atoms with van der Waals surface area (Å²) in [5.41, 5.74) is 8.91.